The lowest BCUT2D eigenvalue weighted by Gasteiger charge is -2.31. The van der Waals surface area contributed by atoms with Crippen LogP contribution in [0, 0.1) is 5.92 Å². The van der Waals surface area contributed by atoms with Gasteiger partial charge < -0.3 is 0 Å². The second-order valence-corrected chi connectivity index (χ2v) is 5.04. The van der Waals surface area contributed by atoms with Crippen molar-refractivity contribution in [3.05, 3.63) is 0 Å². The van der Waals surface area contributed by atoms with Crippen LogP contribution in [0.4, 0.5) is 0 Å². The lowest BCUT2D eigenvalue weighted by molar-refractivity contribution is -0.137. The molecule has 0 aromatic carbocycles. The lowest BCUT2D eigenvalue weighted by atomic mass is 10.0. The summed E-state index contributed by atoms with van der Waals surface area (Å²) in [7, 11) is 0. The standard InChI is InChI=1S/C12H20N2O2/c1-9-3-2-7-14(8-6-9)10-4-5-11(15)13-12(10)16/h9-10H,2-8H2,1H3,(H,13,15,16). The molecule has 2 heterocycles. The molecule has 0 aromatic rings. The van der Waals surface area contributed by atoms with Gasteiger partial charge in [0.25, 0.3) is 0 Å². The zero-order valence-corrected chi connectivity index (χ0v) is 9.87. The van der Waals surface area contributed by atoms with Gasteiger partial charge >= 0.3 is 0 Å². The molecular weight excluding hydrogens is 204 g/mol. The van der Waals surface area contributed by atoms with Gasteiger partial charge in [0.05, 0.1) is 6.04 Å². The molecule has 0 aromatic heterocycles. The molecule has 4 nitrogen and oxygen atoms in total. The Morgan fingerprint density at radius 1 is 1.19 bits per heavy atom. The van der Waals surface area contributed by atoms with Crippen LogP contribution in [-0.4, -0.2) is 35.8 Å². The molecule has 0 bridgehead atoms. The van der Waals surface area contributed by atoms with Crippen molar-refractivity contribution in [3.8, 4) is 0 Å². The maximum atomic E-state index is 11.7. The average Bonchev–Trinajstić information content (AvgIpc) is 2.43. The number of piperidine rings is 1. The van der Waals surface area contributed by atoms with Gasteiger partial charge in [-0.05, 0) is 44.7 Å². The third kappa shape index (κ3) is 2.61. The summed E-state index contributed by atoms with van der Waals surface area (Å²) in [6, 6.07) is -0.0667. The van der Waals surface area contributed by atoms with E-state index in [1.165, 1.54) is 12.8 Å². The average molecular weight is 224 g/mol. The number of carbonyl (C=O) groups excluding carboxylic acids is 2. The maximum Gasteiger partial charge on any atom is 0.243 e. The minimum absolute atomic E-state index is 0.0667. The number of amides is 2. The molecule has 0 radical (unpaired) electrons. The fourth-order valence-corrected chi connectivity index (χ4v) is 2.63. The topological polar surface area (TPSA) is 49.4 Å². The summed E-state index contributed by atoms with van der Waals surface area (Å²) in [6.07, 6.45) is 4.77. The van der Waals surface area contributed by atoms with Gasteiger partial charge in [0.1, 0.15) is 0 Å². The van der Waals surface area contributed by atoms with Crippen molar-refractivity contribution in [1.29, 1.82) is 0 Å². The summed E-state index contributed by atoms with van der Waals surface area (Å²) < 4.78 is 0. The minimum atomic E-state index is -0.121. The highest BCUT2D eigenvalue weighted by atomic mass is 16.2. The summed E-state index contributed by atoms with van der Waals surface area (Å²) in [5.41, 5.74) is 0. The highest BCUT2D eigenvalue weighted by molar-refractivity contribution is 6.00. The van der Waals surface area contributed by atoms with Gasteiger partial charge in [-0.25, -0.2) is 0 Å². The first-order valence-corrected chi connectivity index (χ1v) is 6.24. The first-order valence-electron chi connectivity index (χ1n) is 6.24. The number of likely N-dealkylation sites (tertiary alicyclic amines) is 1. The van der Waals surface area contributed by atoms with Gasteiger partial charge in [-0.15, -0.1) is 0 Å². The molecule has 16 heavy (non-hydrogen) atoms. The maximum absolute atomic E-state index is 11.7. The Morgan fingerprint density at radius 3 is 2.75 bits per heavy atom. The predicted octanol–water partition coefficient (Wildman–Crippen LogP) is 0.914. The molecule has 2 atom stereocenters. The molecule has 4 heteroatoms. The fourth-order valence-electron chi connectivity index (χ4n) is 2.63. The Kier molecular flexibility index (Phi) is 3.59. The molecule has 2 aliphatic rings. The molecule has 90 valence electrons. The second-order valence-electron chi connectivity index (χ2n) is 5.04. The molecule has 0 aliphatic carbocycles. The number of nitrogens with zero attached hydrogens (tertiary/aromatic N) is 1. The van der Waals surface area contributed by atoms with Gasteiger partial charge in [-0.3, -0.25) is 19.8 Å². The van der Waals surface area contributed by atoms with Gasteiger partial charge in [0, 0.05) is 6.42 Å². The van der Waals surface area contributed by atoms with Gasteiger partial charge in [0.2, 0.25) is 11.8 Å². The molecule has 0 spiro atoms. The molecule has 2 rings (SSSR count). The molecule has 2 saturated heterocycles. The Labute approximate surface area is 96.4 Å². The van der Waals surface area contributed by atoms with Crippen molar-refractivity contribution >= 4 is 11.8 Å². The summed E-state index contributed by atoms with van der Waals surface area (Å²) >= 11 is 0. The van der Waals surface area contributed by atoms with Crippen LogP contribution >= 0.6 is 0 Å². The molecule has 2 fully saturated rings. The number of rotatable bonds is 1. The van der Waals surface area contributed by atoms with E-state index >= 15 is 0 Å². The first kappa shape index (κ1) is 11.6. The van der Waals surface area contributed by atoms with Crippen molar-refractivity contribution in [3.63, 3.8) is 0 Å². The summed E-state index contributed by atoms with van der Waals surface area (Å²) in [4.78, 5) is 25.1. The lowest BCUT2D eigenvalue weighted by Crippen LogP contribution is -2.52. The molecule has 2 aliphatic heterocycles. The van der Waals surface area contributed by atoms with Gasteiger partial charge in [-0.2, -0.15) is 0 Å². The molecule has 0 saturated carbocycles. The summed E-state index contributed by atoms with van der Waals surface area (Å²) in [6.45, 7) is 4.26. The van der Waals surface area contributed by atoms with Crippen LogP contribution in [0.25, 0.3) is 0 Å². The predicted molar refractivity (Wildman–Crippen MR) is 60.8 cm³/mol. The van der Waals surface area contributed by atoms with E-state index in [2.05, 4.69) is 17.1 Å². The van der Waals surface area contributed by atoms with E-state index in [-0.39, 0.29) is 17.9 Å². The van der Waals surface area contributed by atoms with E-state index in [0.717, 1.165) is 25.4 Å². The zero-order chi connectivity index (χ0) is 11.5. The van der Waals surface area contributed by atoms with Crippen LogP contribution in [0.3, 0.4) is 0 Å². The van der Waals surface area contributed by atoms with Crippen molar-refractivity contribution < 1.29 is 9.59 Å². The summed E-state index contributed by atoms with van der Waals surface area (Å²) in [5, 5.41) is 2.44. The van der Waals surface area contributed by atoms with Crippen LogP contribution in [0.15, 0.2) is 0 Å². The SMILES string of the molecule is CC1CCCN(C2CCC(=O)NC2=O)CC1. The minimum Gasteiger partial charge on any atom is -0.295 e. The van der Waals surface area contributed by atoms with E-state index in [1.807, 2.05) is 0 Å². The first-order chi connectivity index (χ1) is 7.66. The number of carbonyl (C=O) groups is 2. The Balaban J connectivity index is 1.95. The molecular formula is C12H20N2O2. The number of imide groups is 1. The summed E-state index contributed by atoms with van der Waals surface area (Å²) in [5.74, 6) is 0.550. The monoisotopic (exact) mass is 224 g/mol. The third-order valence-corrected chi connectivity index (χ3v) is 3.70. The van der Waals surface area contributed by atoms with Crippen molar-refractivity contribution in [2.45, 2.75) is 45.1 Å². The van der Waals surface area contributed by atoms with E-state index in [4.69, 9.17) is 0 Å². The van der Waals surface area contributed by atoms with E-state index in [1.54, 1.807) is 0 Å². The Morgan fingerprint density at radius 2 is 2.00 bits per heavy atom. The molecule has 2 unspecified atom stereocenters. The van der Waals surface area contributed by atoms with Crippen LogP contribution in [0.5, 0.6) is 0 Å². The zero-order valence-electron chi connectivity index (χ0n) is 9.87. The van der Waals surface area contributed by atoms with Crippen molar-refractivity contribution in [1.82, 2.24) is 10.2 Å². The van der Waals surface area contributed by atoms with Crippen molar-refractivity contribution in [2.24, 2.45) is 5.92 Å². The molecule has 2 amide bonds. The Bertz CT molecular complexity index is 291. The fraction of sp³-hybridized carbons (Fsp3) is 0.833. The van der Waals surface area contributed by atoms with Gasteiger partial charge in [-0.1, -0.05) is 6.92 Å². The quantitative estimate of drug-likeness (QED) is 0.674. The second kappa shape index (κ2) is 4.95. The number of nitrogens with one attached hydrogen (secondary N) is 1. The van der Waals surface area contributed by atoms with Gasteiger partial charge in [0.15, 0.2) is 0 Å². The largest absolute Gasteiger partial charge is 0.295 e. The van der Waals surface area contributed by atoms with Crippen LogP contribution in [0.1, 0.15) is 39.0 Å². The number of hydrogen-bond acceptors (Lipinski definition) is 3. The Hall–Kier alpha value is -0.900. The van der Waals surface area contributed by atoms with Crippen LogP contribution in [0.2, 0.25) is 0 Å². The highest BCUT2D eigenvalue weighted by Crippen LogP contribution is 2.21. The van der Waals surface area contributed by atoms with Crippen molar-refractivity contribution in [2.75, 3.05) is 13.1 Å². The molecule has 1 N–H and O–H groups in total. The number of hydrogen-bond donors (Lipinski definition) is 1. The third-order valence-electron chi connectivity index (χ3n) is 3.70. The normalized spacial score (nSPS) is 33.3. The van der Waals surface area contributed by atoms with E-state index < -0.39 is 0 Å². The van der Waals surface area contributed by atoms with Crippen LogP contribution in [-0.2, 0) is 9.59 Å². The highest BCUT2D eigenvalue weighted by Gasteiger charge is 2.32. The van der Waals surface area contributed by atoms with E-state index in [9.17, 15) is 9.59 Å². The van der Waals surface area contributed by atoms with Crippen LogP contribution < -0.4 is 5.32 Å². The smallest absolute Gasteiger partial charge is 0.243 e. The van der Waals surface area contributed by atoms with E-state index in [0.29, 0.717) is 12.8 Å².